The summed E-state index contributed by atoms with van der Waals surface area (Å²) in [7, 11) is 0. The van der Waals surface area contributed by atoms with E-state index in [0.717, 1.165) is 22.6 Å². The molecule has 1 aliphatic heterocycles. The second-order valence-corrected chi connectivity index (χ2v) is 9.22. The minimum absolute atomic E-state index is 0.116. The Balaban J connectivity index is 1.71. The van der Waals surface area contributed by atoms with Crippen molar-refractivity contribution in [3.8, 4) is 11.5 Å². The summed E-state index contributed by atoms with van der Waals surface area (Å²) in [6.45, 7) is 6.12. The number of carbonyl (C=O) groups is 3. The molecule has 3 aromatic rings. The summed E-state index contributed by atoms with van der Waals surface area (Å²) in [5, 5.41) is 2.99. The summed E-state index contributed by atoms with van der Waals surface area (Å²) in [6.07, 6.45) is 3.44. The van der Waals surface area contributed by atoms with Gasteiger partial charge in [-0.3, -0.25) is 14.9 Å². The number of nitrogens with one attached hydrogen (secondary N) is 1. The summed E-state index contributed by atoms with van der Waals surface area (Å²) < 4.78 is 25.3. The molecule has 4 rings (SSSR count). The van der Waals surface area contributed by atoms with E-state index in [9.17, 15) is 18.8 Å². The molecule has 1 N–H and O–H groups in total. The molecule has 1 fully saturated rings. The normalized spacial score (nSPS) is 14.4. The number of carbonyl (C=O) groups excluding carboxylic acids is 3. The first-order valence-electron chi connectivity index (χ1n) is 11.9. The summed E-state index contributed by atoms with van der Waals surface area (Å²) in [5.74, 6) is -1.38. The van der Waals surface area contributed by atoms with E-state index < -0.39 is 23.7 Å². The molecule has 0 saturated carbocycles. The number of ether oxygens (including phenoxy) is 2. The molecule has 10 heteroatoms. The van der Waals surface area contributed by atoms with Gasteiger partial charge in [0.2, 0.25) is 0 Å². The molecule has 0 unspecified atom stereocenters. The van der Waals surface area contributed by atoms with Crippen LogP contribution in [0.4, 0.5) is 14.9 Å². The van der Waals surface area contributed by atoms with Crippen molar-refractivity contribution in [2.75, 3.05) is 11.5 Å². The van der Waals surface area contributed by atoms with E-state index in [0.29, 0.717) is 45.7 Å². The van der Waals surface area contributed by atoms with Crippen molar-refractivity contribution in [3.05, 3.63) is 105 Å². The average molecular weight is 569 g/mol. The number of hydrogen-bond acceptors (Lipinski definition) is 5. The predicted molar refractivity (Wildman–Crippen MR) is 148 cm³/mol. The van der Waals surface area contributed by atoms with Gasteiger partial charge >= 0.3 is 6.03 Å². The minimum atomic E-state index is -0.929. The zero-order chi connectivity index (χ0) is 28.1. The lowest BCUT2D eigenvalue weighted by molar-refractivity contribution is -0.122. The molecular formula is C29H23Cl2FN2O5. The summed E-state index contributed by atoms with van der Waals surface area (Å²) in [5.41, 5.74) is 1.78. The van der Waals surface area contributed by atoms with Crippen LogP contribution >= 0.6 is 23.2 Å². The number of anilines is 1. The highest BCUT2D eigenvalue weighted by Gasteiger charge is 2.37. The van der Waals surface area contributed by atoms with Crippen LogP contribution in [0.25, 0.3) is 6.08 Å². The number of rotatable bonds is 9. The van der Waals surface area contributed by atoms with Crippen molar-refractivity contribution in [1.29, 1.82) is 0 Å². The fraction of sp³-hybridized carbons (Fsp3) is 0.138. The van der Waals surface area contributed by atoms with Crippen molar-refractivity contribution in [2.45, 2.75) is 20.0 Å². The van der Waals surface area contributed by atoms with E-state index >= 15 is 0 Å². The lowest BCUT2D eigenvalue weighted by Crippen LogP contribution is -2.54. The first-order valence-corrected chi connectivity index (χ1v) is 12.6. The molecule has 3 aromatic carbocycles. The predicted octanol–water partition coefficient (Wildman–Crippen LogP) is 6.51. The molecular weight excluding hydrogens is 546 g/mol. The maximum absolute atomic E-state index is 13.4. The number of urea groups is 1. The van der Waals surface area contributed by atoms with Gasteiger partial charge in [0.25, 0.3) is 11.8 Å². The highest BCUT2D eigenvalue weighted by Crippen LogP contribution is 2.36. The number of halogens is 3. The van der Waals surface area contributed by atoms with Gasteiger partial charge in [-0.05, 0) is 79.1 Å². The van der Waals surface area contributed by atoms with E-state index in [1.807, 2.05) is 6.92 Å². The minimum Gasteiger partial charge on any atom is -0.490 e. The van der Waals surface area contributed by atoms with Crippen LogP contribution in [-0.4, -0.2) is 24.5 Å². The molecule has 200 valence electrons. The Hall–Kier alpha value is -4.14. The Bertz CT molecular complexity index is 1490. The molecule has 1 heterocycles. The van der Waals surface area contributed by atoms with Crippen LogP contribution < -0.4 is 19.7 Å². The third-order valence-corrected chi connectivity index (χ3v) is 6.42. The largest absolute Gasteiger partial charge is 0.490 e. The SMILES string of the molecule is C=CCc1cc(/C=C2\C(=O)NC(=O)N(c3ccc(F)cc3)C2=O)cc(OCC)c1OCc1ccc(Cl)c(Cl)c1. The Kier molecular flexibility index (Phi) is 8.69. The number of amides is 4. The molecule has 7 nitrogen and oxygen atoms in total. The van der Waals surface area contributed by atoms with E-state index in [1.165, 1.54) is 18.2 Å². The summed E-state index contributed by atoms with van der Waals surface area (Å²) in [4.78, 5) is 39.1. The summed E-state index contributed by atoms with van der Waals surface area (Å²) >= 11 is 12.1. The third kappa shape index (κ3) is 6.30. The van der Waals surface area contributed by atoms with Gasteiger partial charge in [-0.15, -0.1) is 6.58 Å². The van der Waals surface area contributed by atoms with Crippen LogP contribution in [0.3, 0.4) is 0 Å². The second-order valence-electron chi connectivity index (χ2n) is 8.40. The van der Waals surface area contributed by atoms with Crippen molar-refractivity contribution >= 4 is 52.8 Å². The topological polar surface area (TPSA) is 84.9 Å². The van der Waals surface area contributed by atoms with Crippen LogP contribution in [0.5, 0.6) is 11.5 Å². The van der Waals surface area contributed by atoms with E-state index in [1.54, 1.807) is 36.4 Å². The average Bonchev–Trinajstić information content (AvgIpc) is 2.89. The molecule has 0 spiro atoms. The quantitative estimate of drug-likeness (QED) is 0.181. The van der Waals surface area contributed by atoms with Gasteiger partial charge < -0.3 is 9.47 Å². The van der Waals surface area contributed by atoms with Crippen molar-refractivity contribution in [2.24, 2.45) is 0 Å². The first-order chi connectivity index (χ1) is 18.7. The van der Waals surface area contributed by atoms with E-state index in [4.69, 9.17) is 32.7 Å². The van der Waals surface area contributed by atoms with Crippen LogP contribution in [-0.2, 0) is 22.6 Å². The lowest BCUT2D eigenvalue weighted by Gasteiger charge is -2.26. The van der Waals surface area contributed by atoms with Gasteiger partial charge in [-0.1, -0.05) is 35.3 Å². The molecule has 39 heavy (non-hydrogen) atoms. The Morgan fingerprint density at radius 1 is 1.00 bits per heavy atom. The Morgan fingerprint density at radius 3 is 2.41 bits per heavy atom. The zero-order valence-electron chi connectivity index (χ0n) is 20.8. The van der Waals surface area contributed by atoms with Crippen molar-refractivity contribution in [1.82, 2.24) is 5.32 Å². The maximum atomic E-state index is 13.4. The van der Waals surface area contributed by atoms with Crippen LogP contribution in [0.1, 0.15) is 23.6 Å². The Labute approximate surface area is 234 Å². The molecule has 4 amide bonds. The number of benzene rings is 3. The maximum Gasteiger partial charge on any atom is 0.335 e. The van der Waals surface area contributed by atoms with Gasteiger partial charge in [0.1, 0.15) is 18.0 Å². The number of nitrogens with zero attached hydrogens (tertiary/aromatic N) is 1. The highest BCUT2D eigenvalue weighted by molar-refractivity contribution is 6.42. The fourth-order valence-corrected chi connectivity index (χ4v) is 4.25. The number of allylic oxidation sites excluding steroid dienone is 1. The van der Waals surface area contributed by atoms with Gasteiger partial charge in [-0.2, -0.15) is 0 Å². The molecule has 1 saturated heterocycles. The lowest BCUT2D eigenvalue weighted by atomic mass is 10.0. The standard InChI is InChI=1S/C29H23Cl2FN2O5/c1-3-5-19-12-18(15-25(38-4-2)26(19)39-16-17-6-11-23(30)24(31)14-17)13-22-27(35)33-29(37)34(28(22)36)21-9-7-20(32)8-10-21/h3,6-15H,1,4-5,16H2,2H3,(H,33,35,37)/b22-13+. The number of imide groups is 2. The molecule has 0 aliphatic carbocycles. The van der Waals surface area contributed by atoms with Gasteiger partial charge in [0, 0.05) is 5.56 Å². The highest BCUT2D eigenvalue weighted by atomic mass is 35.5. The monoisotopic (exact) mass is 568 g/mol. The zero-order valence-corrected chi connectivity index (χ0v) is 22.3. The van der Waals surface area contributed by atoms with Crippen LogP contribution in [0, 0.1) is 5.82 Å². The molecule has 0 bridgehead atoms. The van der Waals surface area contributed by atoms with E-state index in [-0.39, 0.29) is 17.9 Å². The fourth-order valence-electron chi connectivity index (χ4n) is 3.93. The molecule has 0 atom stereocenters. The summed E-state index contributed by atoms with van der Waals surface area (Å²) in [6, 6.07) is 12.4. The van der Waals surface area contributed by atoms with E-state index in [2.05, 4.69) is 11.9 Å². The molecule has 0 radical (unpaired) electrons. The first kappa shape index (κ1) is 27.9. The Morgan fingerprint density at radius 2 is 1.74 bits per heavy atom. The van der Waals surface area contributed by atoms with Crippen molar-refractivity contribution in [3.63, 3.8) is 0 Å². The number of hydrogen-bond donors (Lipinski definition) is 1. The molecule has 0 aromatic heterocycles. The molecule has 1 aliphatic rings. The van der Waals surface area contributed by atoms with Crippen molar-refractivity contribution < 1.29 is 28.2 Å². The van der Waals surface area contributed by atoms with Gasteiger partial charge in [0.15, 0.2) is 11.5 Å². The van der Waals surface area contributed by atoms with Crippen LogP contribution in [0.15, 0.2) is 72.8 Å². The van der Waals surface area contributed by atoms with Gasteiger partial charge in [-0.25, -0.2) is 14.1 Å². The third-order valence-electron chi connectivity index (χ3n) is 5.68. The number of barbiturate groups is 1. The smallest absolute Gasteiger partial charge is 0.335 e. The van der Waals surface area contributed by atoms with Crippen LogP contribution in [0.2, 0.25) is 10.0 Å². The second kappa shape index (κ2) is 12.1. The van der Waals surface area contributed by atoms with Gasteiger partial charge in [0.05, 0.1) is 22.3 Å².